The van der Waals surface area contributed by atoms with E-state index in [1.807, 2.05) is 0 Å². The SMILES string of the molecule is CCOC(=O)/C(O)=C/C=C(\SC)C(=O)c1ccc(OC)cc1. The van der Waals surface area contributed by atoms with Gasteiger partial charge in [0.2, 0.25) is 5.76 Å². The van der Waals surface area contributed by atoms with Crippen molar-refractivity contribution in [2.75, 3.05) is 20.0 Å². The first-order valence-corrected chi connectivity index (χ1v) is 7.76. The Bertz CT molecular complexity index is 587. The van der Waals surface area contributed by atoms with Gasteiger partial charge in [0.05, 0.1) is 18.6 Å². The summed E-state index contributed by atoms with van der Waals surface area (Å²) >= 11 is 1.22. The zero-order valence-corrected chi connectivity index (χ0v) is 13.5. The third-order valence-electron chi connectivity index (χ3n) is 2.67. The van der Waals surface area contributed by atoms with E-state index in [2.05, 4.69) is 4.74 Å². The van der Waals surface area contributed by atoms with Gasteiger partial charge in [0.25, 0.3) is 0 Å². The Hall–Kier alpha value is -2.21. The van der Waals surface area contributed by atoms with E-state index in [9.17, 15) is 14.7 Å². The minimum atomic E-state index is -0.823. The van der Waals surface area contributed by atoms with Gasteiger partial charge in [-0.25, -0.2) is 4.79 Å². The largest absolute Gasteiger partial charge is 0.502 e. The van der Waals surface area contributed by atoms with Crippen molar-refractivity contribution in [3.63, 3.8) is 0 Å². The zero-order valence-electron chi connectivity index (χ0n) is 12.7. The summed E-state index contributed by atoms with van der Waals surface area (Å²) in [6, 6.07) is 6.69. The summed E-state index contributed by atoms with van der Waals surface area (Å²) in [6.07, 6.45) is 4.29. The highest BCUT2D eigenvalue weighted by Gasteiger charge is 2.12. The minimum absolute atomic E-state index is 0.167. The highest BCUT2D eigenvalue weighted by molar-refractivity contribution is 8.03. The van der Waals surface area contributed by atoms with Crippen LogP contribution in [0.5, 0.6) is 5.75 Å². The molecule has 0 radical (unpaired) electrons. The summed E-state index contributed by atoms with van der Waals surface area (Å²) in [7, 11) is 1.55. The van der Waals surface area contributed by atoms with Crippen LogP contribution in [0.3, 0.4) is 0 Å². The van der Waals surface area contributed by atoms with Gasteiger partial charge in [-0.05, 0) is 49.6 Å². The third kappa shape index (κ3) is 4.96. The molecular weight excluding hydrogens is 304 g/mol. The van der Waals surface area contributed by atoms with Crippen LogP contribution in [0.2, 0.25) is 0 Å². The van der Waals surface area contributed by atoms with Crippen molar-refractivity contribution in [1.82, 2.24) is 0 Å². The zero-order chi connectivity index (χ0) is 16.5. The van der Waals surface area contributed by atoms with E-state index < -0.39 is 11.7 Å². The first-order chi connectivity index (χ1) is 10.5. The number of carbonyl (C=O) groups is 2. The first-order valence-electron chi connectivity index (χ1n) is 6.54. The average molecular weight is 322 g/mol. The molecule has 0 unspecified atom stereocenters. The molecule has 1 N–H and O–H groups in total. The number of allylic oxidation sites excluding steroid dienone is 3. The van der Waals surface area contributed by atoms with Gasteiger partial charge >= 0.3 is 5.97 Å². The number of hydrogen-bond acceptors (Lipinski definition) is 6. The van der Waals surface area contributed by atoms with Gasteiger partial charge in [-0.2, -0.15) is 0 Å². The minimum Gasteiger partial charge on any atom is -0.502 e. The maximum absolute atomic E-state index is 12.3. The molecule has 118 valence electrons. The quantitative estimate of drug-likeness (QED) is 0.273. The Balaban J connectivity index is 2.93. The second-order valence-corrected chi connectivity index (χ2v) is 4.91. The molecule has 1 aromatic carbocycles. The number of Topliss-reactive ketones (excluding diaryl/α,β-unsaturated/α-hetero) is 1. The molecule has 1 rings (SSSR count). The van der Waals surface area contributed by atoms with Crippen LogP contribution < -0.4 is 4.74 Å². The summed E-state index contributed by atoms with van der Waals surface area (Å²) < 4.78 is 9.69. The van der Waals surface area contributed by atoms with Crippen molar-refractivity contribution >= 4 is 23.5 Å². The first kappa shape index (κ1) is 17.8. The Morgan fingerprint density at radius 3 is 2.36 bits per heavy atom. The molecule has 0 fully saturated rings. The van der Waals surface area contributed by atoms with Gasteiger partial charge in [-0.15, -0.1) is 11.8 Å². The molecule has 0 spiro atoms. The number of benzene rings is 1. The van der Waals surface area contributed by atoms with Gasteiger partial charge in [-0.3, -0.25) is 4.79 Å². The molecule has 0 saturated heterocycles. The molecule has 0 aliphatic carbocycles. The molecule has 0 saturated carbocycles. The lowest BCUT2D eigenvalue weighted by Gasteiger charge is -2.04. The summed E-state index contributed by atoms with van der Waals surface area (Å²) in [5.41, 5.74) is 0.491. The number of hydrogen-bond donors (Lipinski definition) is 1. The monoisotopic (exact) mass is 322 g/mol. The van der Waals surface area contributed by atoms with Crippen molar-refractivity contribution in [1.29, 1.82) is 0 Å². The van der Waals surface area contributed by atoms with Crippen LogP contribution >= 0.6 is 11.8 Å². The lowest BCUT2D eigenvalue weighted by atomic mass is 10.1. The van der Waals surface area contributed by atoms with Crippen LogP contribution in [0.15, 0.2) is 47.1 Å². The molecule has 0 bridgehead atoms. The Labute approximate surface area is 133 Å². The lowest BCUT2D eigenvalue weighted by Crippen LogP contribution is -2.07. The molecule has 0 aliphatic rings. The number of rotatable bonds is 7. The highest BCUT2D eigenvalue weighted by Crippen LogP contribution is 2.20. The van der Waals surface area contributed by atoms with E-state index in [0.717, 1.165) is 6.08 Å². The van der Waals surface area contributed by atoms with E-state index in [-0.39, 0.29) is 12.4 Å². The van der Waals surface area contributed by atoms with Gasteiger partial charge in [0, 0.05) is 5.56 Å². The van der Waals surface area contributed by atoms with Crippen LogP contribution in [0, 0.1) is 0 Å². The van der Waals surface area contributed by atoms with Crippen molar-refractivity contribution < 1.29 is 24.2 Å². The van der Waals surface area contributed by atoms with Crippen molar-refractivity contribution in [2.24, 2.45) is 0 Å². The fraction of sp³-hybridized carbons (Fsp3) is 0.250. The number of thioether (sulfide) groups is 1. The van der Waals surface area contributed by atoms with Crippen LogP contribution in [0.1, 0.15) is 17.3 Å². The maximum Gasteiger partial charge on any atom is 0.373 e. The van der Waals surface area contributed by atoms with Crippen molar-refractivity contribution in [3.05, 3.63) is 52.6 Å². The molecule has 6 heteroatoms. The maximum atomic E-state index is 12.3. The molecule has 5 nitrogen and oxygen atoms in total. The number of aliphatic hydroxyl groups excluding tert-OH is 1. The Morgan fingerprint density at radius 2 is 1.86 bits per heavy atom. The second-order valence-electron chi connectivity index (χ2n) is 4.07. The van der Waals surface area contributed by atoms with Crippen LogP contribution in [0.25, 0.3) is 0 Å². The topological polar surface area (TPSA) is 72.8 Å². The van der Waals surface area contributed by atoms with Gasteiger partial charge < -0.3 is 14.6 Å². The van der Waals surface area contributed by atoms with Crippen molar-refractivity contribution in [3.8, 4) is 5.75 Å². The number of aliphatic hydroxyl groups is 1. The van der Waals surface area contributed by atoms with E-state index in [0.29, 0.717) is 16.2 Å². The molecule has 1 aromatic rings. The molecule has 0 heterocycles. The molecule has 0 atom stereocenters. The van der Waals surface area contributed by atoms with Gasteiger partial charge in [0.15, 0.2) is 5.78 Å². The van der Waals surface area contributed by atoms with E-state index >= 15 is 0 Å². The number of methoxy groups -OCH3 is 1. The average Bonchev–Trinajstić information content (AvgIpc) is 2.55. The van der Waals surface area contributed by atoms with Gasteiger partial charge in [0.1, 0.15) is 5.75 Å². The molecule has 0 aliphatic heterocycles. The summed E-state index contributed by atoms with van der Waals surface area (Å²) in [5.74, 6) is -0.916. The second kappa shape index (κ2) is 8.94. The Kier molecular flexibility index (Phi) is 7.25. The van der Waals surface area contributed by atoms with Crippen LogP contribution in [-0.4, -0.2) is 36.8 Å². The Morgan fingerprint density at radius 1 is 1.23 bits per heavy atom. The number of carbonyl (C=O) groups excluding carboxylic acids is 2. The predicted molar refractivity (Wildman–Crippen MR) is 86.3 cm³/mol. The number of ether oxygens (including phenoxy) is 2. The smallest absolute Gasteiger partial charge is 0.373 e. The summed E-state index contributed by atoms with van der Waals surface area (Å²) in [6.45, 7) is 1.81. The molecule has 0 amide bonds. The normalized spacial score (nSPS) is 12.0. The molecule has 22 heavy (non-hydrogen) atoms. The number of esters is 1. The fourth-order valence-corrected chi connectivity index (χ4v) is 2.06. The van der Waals surface area contributed by atoms with Crippen molar-refractivity contribution in [2.45, 2.75) is 6.92 Å². The van der Waals surface area contributed by atoms with E-state index in [1.165, 1.54) is 17.8 Å². The fourth-order valence-electron chi connectivity index (χ4n) is 1.55. The summed E-state index contributed by atoms with van der Waals surface area (Å²) in [5, 5.41) is 9.52. The van der Waals surface area contributed by atoms with E-state index in [1.54, 1.807) is 44.6 Å². The van der Waals surface area contributed by atoms with Crippen LogP contribution in [-0.2, 0) is 9.53 Å². The number of ketones is 1. The third-order valence-corrected chi connectivity index (χ3v) is 3.43. The van der Waals surface area contributed by atoms with E-state index in [4.69, 9.17) is 4.74 Å². The lowest BCUT2D eigenvalue weighted by molar-refractivity contribution is -0.141. The molecule has 0 aromatic heterocycles. The van der Waals surface area contributed by atoms with Crippen LogP contribution in [0.4, 0.5) is 0 Å². The predicted octanol–water partition coefficient (Wildman–Crippen LogP) is 3.13. The summed E-state index contributed by atoms with van der Waals surface area (Å²) in [4.78, 5) is 24.0. The highest BCUT2D eigenvalue weighted by atomic mass is 32.2. The molecular formula is C16H18O5S. The van der Waals surface area contributed by atoms with Gasteiger partial charge in [-0.1, -0.05) is 0 Å². The standard InChI is InChI=1S/C16H18O5S/c1-4-21-16(19)13(17)9-10-14(22-3)15(18)11-5-7-12(20-2)8-6-11/h5-10,17H,4H2,1-3H3/b13-9-,14-10-.